The lowest BCUT2D eigenvalue weighted by molar-refractivity contribution is -0.0523. The Labute approximate surface area is 90.3 Å². The summed E-state index contributed by atoms with van der Waals surface area (Å²) in [6, 6.07) is 6.82. The van der Waals surface area contributed by atoms with Crippen LogP contribution in [0.25, 0.3) is 0 Å². The predicted octanol–water partition coefficient (Wildman–Crippen LogP) is 4.56. The van der Waals surface area contributed by atoms with E-state index in [1.54, 1.807) is 26.0 Å². The second-order valence-electron chi connectivity index (χ2n) is 4.52. The molecular weight excluding hydrogens is 194 g/mol. The molecule has 0 saturated heterocycles. The summed E-state index contributed by atoms with van der Waals surface area (Å²) in [4.78, 5) is 0. The number of benzene rings is 1. The molecule has 1 rings (SSSR count). The van der Waals surface area contributed by atoms with Crippen LogP contribution in [0, 0.1) is 5.92 Å². The zero-order valence-electron chi connectivity index (χ0n) is 9.72. The quantitative estimate of drug-likeness (QED) is 0.689. The molecule has 0 aliphatic heterocycles. The summed E-state index contributed by atoms with van der Waals surface area (Å²) in [5, 5.41) is 0. The second-order valence-corrected chi connectivity index (χ2v) is 4.52. The summed E-state index contributed by atoms with van der Waals surface area (Å²) in [6.07, 6.45) is 0. The van der Waals surface area contributed by atoms with E-state index >= 15 is 0 Å². The molecule has 0 aromatic heterocycles. The molecule has 2 heteroatoms. The number of hydrogen-bond donors (Lipinski definition) is 0. The van der Waals surface area contributed by atoms with E-state index in [-0.39, 0.29) is 11.5 Å². The minimum atomic E-state index is -2.74. The SMILES string of the molecule is CC(C)c1ccccc1C(F)(F)C(C)C. The molecule has 0 atom stereocenters. The third kappa shape index (κ3) is 2.36. The number of hydrogen-bond acceptors (Lipinski definition) is 0. The normalized spacial score (nSPS) is 12.5. The van der Waals surface area contributed by atoms with Crippen molar-refractivity contribution in [2.24, 2.45) is 5.92 Å². The maximum absolute atomic E-state index is 13.9. The Morgan fingerprint density at radius 3 is 2.00 bits per heavy atom. The topological polar surface area (TPSA) is 0 Å². The van der Waals surface area contributed by atoms with Crippen LogP contribution in [-0.4, -0.2) is 0 Å². The number of halogens is 2. The van der Waals surface area contributed by atoms with Gasteiger partial charge in [0.1, 0.15) is 0 Å². The summed E-state index contributed by atoms with van der Waals surface area (Å²) < 4.78 is 27.8. The molecule has 15 heavy (non-hydrogen) atoms. The third-order valence-corrected chi connectivity index (χ3v) is 2.67. The highest BCUT2D eigenvalue weighted by molar-refractivity contribution is 5.33. The molecule has 0 N–H and O–H groups in total. The first-order valence-electron chi connectivity index (χ1n) is 5.34. The summed E-state index contributed by atoms with van der Waals surface area (Å²) in [5.41, 5.74) is 0.922. The number of alkyl halides is 2. The Hall–Kier alpha value is -0.920. The van der Waals surface area contributed by atoms with E-state index < -0.39 is 11.8 Å². The van der Waals surface area contributed by atoms with Crippen LogP contribution < -0.4 is 0 Å². The van der Waals surface area contributed by atoms with Crippen molar-refractivity contribution < 1.29 is 8.78 Å². The van der Waals surface area contributed by atoms with Crippen molar-refractivity contribution in [1.82, 2.24) is 0 Å². The fourth-order valence-electron chi connectivity index (χ4n) is 1.62. The van der Waals surface area contributed by atoms with Gasteiger partial charge in [-0.15, -0.1) is 0 Å². The van der Waals surface area contributed by atoms with Gasteiger partial charge in [0.05, 0.1) is 0 Å². The predicted molar refractivity (Wildman–Crippen MR) is 59.3 cm³/mol. The van der Waals surface area contributed by atoms with Gasteiger partial charge in [-0.3, -0.25) is 0 Å². The maximum atomic E-state index is 13.9. The lowest BCUT2D eigenvalue weighted by Gasteiger charge is -2.24. The lowest BCUT2D eigenvalue weighted by Crippen LogP contribution is -2.23. The summed E-state index contributed by atoms with van der Waals surface area (Å²) in [7, 11) is 0. The first kappa shape index (κ1) is 12.2. The zero-order chi connectivity index (χ0) is 11.6. The van der Waals surface area contributed by atoms with E-state index in [2.05, 4.69) is 0 Å². The molecule has 0 radical (unpaired) electrons. The molecule has 0 fully saturated rings. The first-order valence-corrected chi connectivity index (χ1v) is 5.34. The molecule has 1 aromatic carbocycles. The minimum Gasteiger partial charge on any atom is -0.201 e. The molecule has 0 nitrogen and oxygen atoms in total. The van der Waals surface area contributed by atoms with Gasteiger partial charge in [0.15, 0.2) is 0 Å². The van der Waals surface area contributed by atoms with E-state index in [1.807, 2.05) is 19.9 Å². The molecule has 0 saturated carbocycles. The highest BCUT2D eigenvalue weighted by Gasteiger charge is 2.37. The third-order valence-electron chi connectivity index (χ3n) is 2.67. The van der Waals surface area contributed by atoms with Gasteiger partial charge in [0, 0.05) is 11.5 Å². The van der Waals surface area contributed by atoms with Crippen molar-refractivity contribution >= 4 is 0 Å². The van der Waals surface area contributed by atoms with E-state index in [4.69, 9.17) is 0 Å². The van der Waals surface area contributed by atoms with Gasteiger partial charge in [-0.05, 0) is 11.5 Å². The summed E-state index contributed by atoms with van der Waals surface area (Å²) >= 11 is 0. The molecular formula is C13H18F2. The molecule has 0 amide bonds. The Kier molecular flexibility index (Phi) is 3.48. The maximum Gasteiger partial charge on any atom is 0.275 e. The fourth-order valence-corrected chi connectivity index (χ4v) is 1.62. The molecule has 0 heterocycles. The Morgan fingerprint density at radius 1 is 1.00 bits per heavy atom. The lowest BCUT2D eigenvalue weighted by atomic mass is 9.89. The van der Waals surface area contributed by atoms with Crippen LogP contribution >= 0.6 is 0 Å². The molecule has 0 unspecified atom stereocenters. The van der Waals surface area contributed by atoms with Crippen LogP contribution in [0.5, 0.6) is 0 Å². The highest BCUT2D eigenvalue weighted by Crippen LogP contribution is 2.39. The largest absolute Gasteiger partial charge is 0.275 e. The second kappa shape index (κ2) is 4.30. The van der Waals surface area contributed by atoms with Gasteiger partial charge in [0.2, 0.25) is 0 Å². The fraction of sp³-hybridized carbons (Fsp3) is 0.538. The Bertz CT molecular complexity index is 327. The molecule has 0 bridgehead atoms. The molecule has 0 aliphatic rings. The van der Waals surface area contributed by atoms with Gasteiger partial charge < -0.3 is 0 Å². The molecule has 1 aromatic rings. The monoisotopic (exact) mass is 212 g/mol. The van der Waals surface area contributed by atoms with Crippen molar-refractivity contribution in [3.8, 4) is 0 Å². The van der Waals surface area contributed by atoms with E-state index in [0.717, 1.165) is 5.56 Å². The van der Waals surface area contributed by atoms with Crippen LogP contribution in [0.15, 0.2) is 24.3 Å². The van der Waals surface area contributed by atoms with Crippen LogP contribution in [0.4, 0.5) is 8.78 Å². The van der Waals surface area contributed by atoms with E-state index in [1.165, 1.54) is 6.07 Å². The average Bonchev–Trinajstić information content (AvgIpc) is 2.17. The smallest absolute Gasteiger partial charge is 0.201 e. The van der Waals surface area contributed by atoms with Crippen LogP contribution in [-0.2, 0) is 5.92 Å². The molecule has 84 valence electrons. The van der Waals surface area contributed by atoms with Crippen LogP contribution in [0.1, 0.15) is 44.7 Å². The number of rotatable bonds is 3. The van der Waals surface area contributed by atoms with Crippen molar-refractivity contribution in [2.45, 2.75) is 39.5 Å². The van der Waals surface area contributed by atoms with Crippen molar-refractivity contribution in [1.29, 1.82) is 0 Å². The Balaban J connectivity index is 3.24. The summed E-state index contributed by atoms with van der Waals surface area (Å²) in [6.45, 7) is 6.98. The van der Waals surface area contributed by atoms with Gasteiger partial charge in [0.25, 0.3) is 5.92 Å². The van der Waals surface area contributed by atoms with Gasteiger partial charge in [-0.2, -0.15) is 0 Å². The standard InChI is InChI=1S/C13H18F2/c1-9(2)11-7-5-6-8-12(11)13(14,15)10(3)4/h5-10H,1-4H3. The van der Waals surface area contributed by atoms with E-state index in [9.17, 15) is 8.78 Å². The van der Waals surface area contributed by atoms with Crippen LogP contribution in [0.3, 0.4) is 0 Å². The Morgan fingerprint density at radius 2 is 1.53 bits per heavy atom. The average molecular weight is 212 g/mol. The zero-order valence-corrected chi connectivity index (χ0v) is 9.72. The van der Waals surface area contributed by atoms with Crippen molar-refractivity contribution in [3.05, 3.63) is 35.4 Å². The molecule has 0 spiro atoms. The van der Waals surface area contributed by atoms with Crippen molar-refractivity contribution in [2.75, 3.05) is 0 Å². The summed E-state index contributed by atoms with van der Waals surface area (Å²) in [5.74, 6) is -3.27. The van der Waals surface area contributed by atoms with E-state index in [0.29, 0.717) is 0 Å². The van der Waals surface area contributed by atoms with Gasteiger partial charge >= 0.3 is 0 Å². The van der Waals surface area contributed by atoms with Crippen LogP contribution in [0.2, 0.25) is 0 Å². The minimum absolute atomic E-state index is 0.130. The van der Waals surface area contributed by atoms with Gasteiger partial charge in [-0.1, -0.05) is 52.0 Å². The highest BCUT2D eigenvalue weighted by atomic mass is 19.3. The molecule has 0 aliphatic carbocycles. The van der Waals surface area contributed by atoms with Crippen molar-refractivity contribution in [3.63, 3.8) is 0 Å². The first-order chi connectivity index (χ1) is 6.87. The van der Waals surface area contributed by atoms with Gasteiger partial charge in [-0.25, -0.2) is 8.78 Å².